The van der Waals surface area contributed by atoms with E-state index in [0.29, 0.717) is 31.0 Å². The minimum Gasteiger partial charge on any atom is -0.338 e. The van der Waals surface area contributed by atoms with Crippen LogP contribution >= 0.6 is 12.4 Å². The second-order valence-corrected chi connectivity index (χ2v) is 6.85. The quantitative estimate of drug-likeness (QED) is 0.863. The summed E-state index contributed by atoms with van der Waals surface area (Å²) in [6, 6.07) is 5.23. The van der Waals surface area contributed by atoms with E-state index in [0.717, 1.165) is 25.0 Å². The molecule has 1 fully saturated rings. The zero-order valence-electron chi connectivity index (χ0n) is 14.6. The molecule has 0 spiro atoms. The van der Waals surface area contributed by atoms with Crippen LogP contribution in [0.2, 0.25) is 0 Å². The van der Waals surface area contributed by atoms with Gasteiger partial charge in [0, 0.05) is 25.0 Å². The van der Waals surface area contributed by atoms with Crippen LogP contribution < -0.4 is 5.73 Å². The first kappa shape index (κ1) is 21.8. The van der Waals surface area contributed by atoms with Gasteiger partial charge in [-0.25, -0.2) is 0 Å². The third-order valence-corrected chi connectivity index (χ3v) is 4.75. The number of carbonyl (C=O) groups is 1. The molecule has 1 aliphatic rings. The van der Waals surface area contributed by atoms with Gasteiger partial charge in [0.05, 0.1) is 5.56 Å². The number of nitrogens with two attached hydrogens (primary N) is 1. The van der Waals surface area contributed by atoms with Gasteiger partial charge in [0.15, 0.2) is 0 Å². The molecule has 2 N–H and O–H groups in total. The Morgan fingerprint density at radius 1 is 1.40 bits per heavy atom. The molecule has 1 saturated heterocycles. The fraction of sp³-hybridized carbons (Fsp3) is 0.611. The van der Waals surface area contributed by atoms with Gasteiger partial charge >= 0.3 is 6.18 Å². The number of halogens is 4. The van der Waals surface area contributed by atoms with E-state index < -0.39 is 11.7 Å². The number of amides is 1. The second kappa shape index (κ2) is 8.90. The Kier molecular flexibility index (Phi) is 7.75. The van der Waals surface area contributed by atoms with Gasteiger partial charge in [-0.2, -0.15) is 13.2 Å². The number of piperidine rings is 1. The third kappa shape index (κ3) is 5.61. The molecule has 0 aromatic heterocycles. The van der Waals surface area contributed by atoms with E-state index in [1.807, 2.05) is 4.90 Å². The molecule has 25 heavy (non-hydrogen) atoms. The van der Waals surface area contributed by atoms with Crippen LogP contribution in [-0.4, -0.2) is 29.9 Å². The normalized spacial score (nSPS) is 22.2. The van der Waals surface area contributed by atoms with Gasteiger partial charge in [0.25, 0.3) is 0 Å². The molecule has 2 rings (SSSR count). The number of carbonyl (C=O) groups excluding carboxylic acids is 1. The summed E-state index contributed by atoms with van der Waals surface area (Å²) in [7, 11) is 0. The Morgan fingerprint density at radius 3 is 2.68 bits per heavy atom. The molecule has 142 valence electrons. The van der Waals surface area contributed by atoms with E-state index in [-0.39, 0.29) is 30.3 Å². The second-order valence-electron chi connectivity index (χ2n) is 6.85. The lowest BCUT2D eigenvalue weighted by atomic mass is 9.90. The monoisotopic (exact) mass is 378 g/mol. The zero-order valence-corrected chi connectivity index (χ0v) is 15.4. The van der Waals surface area contributed by atoms with Crippen molar-refractivity contribution in [3.63, 3.8) is 0 Å². The number of nitrogens with zero attached hydrogens (tertiary/aromatic N) is 1. The number of rotatable bonds is 4. The van der Waals surface area contributed by atoms with Gasteiger partial charge in [-0.05, 0) is 36.8 Å². The van der Waals surface area contributed by atoms with E-state index in [1.165, 1.54) is 6.07 Å². The summed E-state index contributed by atoms with van der Waals surface area (Å²) in [6.45, 7) is 5.02. The first-order valence-electron chi connectivity index (χ1n) is 8.39. The van der Waals surface area contributed by atoms with Crippen LogP contribution in [0.3, 0.4) is 0 Å². The van der Waals surface area contributed by atoms with Crippen molar-refractivity contribution < 1.29 is 18.0 Å². The van der Waals surface area contributed by atoms with E-state index in [9.17, 15) is 18.0 Å². The van der Waals surface area contributed by atoms with Crippen molar-refractivity contribution in [2.24, 2.45) is 17.6 Å². The van der Waals surface area contributed by atoms with Gasteiger partial charge in [0.1, 0.15) is 0 Å². The highest BCUT2D eigenvalue weighted by atomic mass is 35.5. The SMILES string of the molecule is CC1CCN(C(=O)C(C)Cc2cccc(C(F)(F)F)c2)C(CN)C1.Cl. The lowest BCUT2D eigenvalue weighted by molar-refractivity contribution is -0.139. The highest BCUT2D eigenvalue weighted by molar-refractivity contribution is 5.85. The lowest BCUT2D eigenvalue weighted by Crippen LogP contribution is -2.51. The van der Waals surface area contributed by atoms with Crippen molar-refractivity contribution in [3.8, 4) is 0 Å². The maximum absolute atomic E-state index is 12.8. The maximum Gasteiger partial charge on any atom is 0.416 e. The summed E-state index contributed by atoms with van der Waals surface area (Å²) < 4.78 is 38.4. The molecular formula is C18H26ClF3N2O. The first-order valence-corrected chi connectivity index (χ1v) is 8.39. The molecule has 0 bridgehead atoms. The van der Waals surface area contributed by atoms with Crippen LogP contribution in [0.4, 0.5) is 13.2 Å². The number of hydrogen-bond donors (Lipinski definition) is 1. The molecule has 3 unspecified atom stereocenters. The summed E-state index contributed by atoms with van der Waals surface area (Å²) in [5, 5.41) is 0. The van der Waals surface area contributed by atoms with Crippen LogP contribution in [0.5, 0.6) is 0 Å². The molecule has 7 heteroatoms. The summed E-state index contributed by atoms with van der Waals surface area (Å²) in [5.41, 5.74) is 5.65. The van der Waals surface area contributed by atoms with Gasteiger partial charge < -0.3 is 10.6 Å². The van der Waals surface area contributed by atoms with Gasteiger partial charge in [-0.15, -0.1) is 12.4 Å². The summed E-state index contributed by atoms with van der Waals surface area (Å²) in [5.74, 6) is 0.159. The average molecular weight is 379 g/mol. The minimum absolute atomic E-state index is 0. The Balaban J connectivity index is 0.00000312. The van der Waals surface area contributed by atoms with Crippen molar-refractivity contribution in [2.45, 2.75) is 45.3 Å². The molecule has 0 saturated carbocycles. The molecule has 0 radical (unpaired) electrons. The summed E-state index contributed by atoms with van der Waals surface area (Å²) in [4.78, 5) is 14.5. The first-order chi connectivity index (χ1) is 11.2. The molecule has 1 aliphatic heterocycles. The van der Waals surface area contributed by atoms with Crippen LogP contribution in [0, 0.1) is 11.8 Å². The van der Waals surface area contributed by atoms with Crippen molar-refractivity contribution in [2.75, 3.05) is 13.1 Å². The van der Waals surface area contributed by atoms with E-state index in [4.69, 9.17) is 5.73 Å². The van der Waals surface area contributed by atoms with Crippen molar-refractivity contribution >= 4 is 18.3 Å². The van der Waals surface area contributed by atoms with Gasteiger partial charge in [-0.1, -0.05) is 32.0 Å². The third-order valence-electron chi connectivity index (χ3n) is 4.75. The molecule has 3 nitrogen and oxygen atoms in total. The number of hydrogen-bond acceptors (Lipinski definition) is 2. The number of likely N-dealkylation sites (tertiary alicyclic amines) is 1. The minimum atomic E-state index is -4.36. The lowest BCUT2D eigenvalue weighted by Gasteiger charge is -2.39. The average Bonchev–Trinajstić information content (AvgIpc) is 2.53. The molecule has 1 heterocycles. The van der Waals surface area contributed by atoms with Crippen LogP contribution in [-0.2, 0) is 17.4 Å². The van der Waals surface area contributed by atoms with Crippen LogP contribution in [0.25, 0.3) is 0 Å². The molecule has 0 aliphatic carbocycles. The standard InChI is InChI=1S/C18H25F3N2O.ClH/c1-12-6-7-23(16(8-12)11-22)17(24)13(2)9-14-4-3-5-15(10-14)18(19,20)21;/h3-5,10,12-13,16H,6-9,11,22H2,1-2H3;1H. The van der Waals surface area contributed by atoms with E-state index in [1.54, 1.807) is 13.0 Å². The molecule has 1 amide bonds. The molecule has 1 aromatic carbocycles. The van der Waals surface area contributed by atoms with Crippen LogP contribution in [0.1, 0.15) is 37.8 Å². The number of benzene rings is 1. The van der Waals surface area contributed by atoms with E-state index in [2.05, 4.69) is 6.92 Å². The van der Waals surface area contributed by atoms with Gasteiger partial charge in [0.2, 0.25) is 5.91 Å². The van der Waals surface area contributed by atoms with Crippen molar-refractivity contribution in [1.82, 2.24) is 4.90 Å². The highest BCUT2D eigenvalue weighted by Gasteiger charge is 2.32. The smallest absolute Gasteiger partial charge is 0.338 e. The number of alkyl halides is 3. The van der Waals surface area contributed by atoms with Gasteiger partial charge in [-0.3, -0.25) is 4.79 Å². The molecular weight excluding hydrogens is 353 g/mol. The Hall–Kier alpha value is -1.27. The largest absolute Gasteiger partial charge is 0.416 e. The van der Waals surface area contributed by atoms with E-state index >= 15 is 0 Å². The predicted molar refractivity (Wildman–Crippen MR) is 94.5 cm³/mol. The zero-order chi connectivity index (χ0) is 17.9. The Labute approximate surface area is 153 Å². The summed E-state index contributed by atoms with van der Waals surface area (Å²) in [6.07, 6.45) is -2.24. The predicted octanol–water partition coefficient (Wildman–Crippen LogP) is 3.89. The molecule has 3 atom stereocenters. The maximum atomic E-state index is 12.8. The fourth-order valence-electron chi connectivity index (χ4n) is 3.36. The Bertz CT molecular complexity index is 580. The summed E-state index contributed by atoms with van der Waals surface area (Å²) >= 11 is 0. The van der Waals surface area contributed by atoms with Crippen molar-refractivity contribution in [3.05, 3.63) is 35.4 Å². The van der Waals surface area contributed by atoms with Crippen molar-refractivity contribution in [1.29, 1.82) is 0 Å². The Morgan fingerprint density at radius 2 is 2.08 bits per heavy atom. The topological polar surface area (TPSA) is 46.3 Å². The highest BCUT2D eigenvalue weighted by Crippen LogP contribution is 2.30. The fourth-order valence-corrected chi connectivity index (χ4v) is 3.36. The molecule has 1 aromatic rings. The van der Waals surface area contributed by atoms with Crippen LogP contribution in [0.15, 0.2) is 24.3 Å².